The van der Waals surface area contributed by atoms with E-state index >= 15 is 0 Å². The number of hydrazone groups is 1. The fourth-order valence-corrected chi connectivity index (χ4v) is 4.53. The van der Waals surface area contributed by atoms with Gasteiger partial charge in [-0.3, -0.25) is 10.2 Å². The van der Waals surface area contributed by atoms with Crippen LogP contribution in [0, 0.1) is 5.41 Å². The number of benzene rings is 1. The van der Waals surface area contributed by atoms with Crippen LogP contribution in [0.2, 0.25) is 0 Å². The number of amidine groups is 2. The molecule has 4 heterocycles. The van der Waals surface area contributed by atoms with E-state index in [0.717, 1.165) is 10.8 Å². The van der Waals surface area contributed by atoms with Gasteiger partial charge in [0.2, 0.25) is 5.17 Å². The molecule has 0 saturated carbocycles. The summed E-state index contributed by atoms with van der Waals surface area (Å²) in [5.74, 6) is 1.29. The van der Waals surface area contributed by atoms with Crippen LogP contribution >= 0.6 is 23.5 Å². The Kier molecular flexibility index (Phi) is 4.89. The number of amides is 1. The molecule has 2 aromatic heterocycles. The van der Waals surface area contributed by atoms with E-state index in [2.05, 4.69) is 22.2 Å². The van der Waals surface area contributed by atoms with Gasteiger partial charge in [0.05, 0.1) is 11.8 Å². The van der Waals surface area contributed by atoms with Crippen molar-refractivity contribution in [3.63, 3.8) is 0 Å². The van der Waals surface area contributed by atoms with Gasteiger partial charge >= 0.3 is 0 Å². The summed E-state index contributed by atoms with van der Waals surface area (Å²) in [6.07, 6.45) is 3.08. The van der Waals surface area contributed by atoms with Gasteiger partial charge in [-0.05, 0) is 47.7 Å². The second-order valence-electron chi connectivity index (χ2n) is 6.33. The van der Waals surface area contributed by atoms with Crippen LogP contribution in [0.1, 0.15) is 17.1 Å². The monoisotopic (exact) mass is 434 g/mol. The van der Waals surface area contributed by atoms with Crippen molar-refractivity contribution in [1.29, 1.82) is 5.41 Å². The quantitative estimate of drug-likeness (QED) is 0.456. The van der Waals surface area contributed by atoms with Crippen molar-refractivity contribution < 1.29 is 13.6 Å². The minimum absolute atomic E-state index is 0.0473. The number of hydrogen-bond donors (Lipinski definition) is 1. The molecule has 0 aliphatic carbocycles. The van der Waals surface area contributed by atoms with Crippen molar-refractivity contribution in [2.45, 2.75) is 10.8 Å². The van der Waals surface area contributed by atoms with E-state index in [1.807, 2.05) is 24.3 Å². The minimum atomic E-state index is -0.496. The average molecular weight is 435 g/mol. The molecule has 0 bridgehead atoms. The molecule has 7 nitrogen and oxygen atoms in total. The van der Waals surface area contributed by atoms with Crippen LogP contribution in [-0.2, 0) is 10.5 Å². The van der Waals surface area contributed by atoms with Gasteiger partial charge in [0.1, 0.15) is 5.76 Å². The topological polar surface area (TPSA) is 95.2 Å². The van der Waals surface area contributed by atoms with Crippen LogP contribution in [0.3, 0.4) is 0 Å². The molecule has 0 radical (unpaired) electrons. The predicted molar refractivity (Wildman–Crippen MR) is 118 cm³/mol. The Balaban J connectivity index is 1.34. The molecule has 0 saturated heterocycles. The third-order valence-electron chi connectivity index (χ3n) is 4.30. The number of fused-ring (bicyclic) bond motifs is 1. The zero-order valence-corrected chi connectivity index (χ0v) is 17.1. The van der Waals surface area contributed by atoms with Crippen molar-refractivity contribution in [3.8, 4) is 0 Å². The van der Waals surface area contributed by atoms with E-state index in [-0.39, 0.29) is 11.4 Å². The molecule has 0 fully saturated rings. The van der Waals surface area contributed by atoms with Gasteiger partial charge in [-0.25, -0.2) is 0 Å². The van der Waals surface area contributed by atoms with Crippen LogP contribution in [0.4, 0.5) is 0 Å². The Labute approximate surface area is 180 Å². The van der Waals surface area contributed by atoms with E-state index in [9.17, 15) is 4.79 Å². The van der Waals surface area contributed by atoms with Crippen molar-refractivity contribution >= 4 is 51.6 Å². The van der Waals surface area contributed by atoms with Gasteiger partial charge in [0.15, 0.2) is 21.7 Å². The first-order valence-corrected chi connectivity index (χ1v) is 10.8. The van der Waals surface area contributed by atoms with Crippen LogP contribution in [0.25, 0.3) is 6.08 Å². The number of carbonyl (C=O) groups excluding carboxylic acids is 1. The Morgan fingerprint density at radius 1 is 1.13 bits per heavy atom. The summed E-state index contributed by atoms with van der Waals surface area (Å²) in [6.45, 7) is 0. The van der Waals surface area contributed by atoms with E-state index in [1.165, 1.54) is 28.4 Å². The lowest BCUT2D eigenvalue weighted by Gasteiger charge is -2.19. The lowest BCUT2D eigenvalue weighted by Crippen LogP contribution is -2.35. The number of nitrogens with zero attached hydrogens (tertiary/aromatic N) is 3. The van der Waals surface area contributed by atoms with Gasteiger partial charge in [-0.15, -0.1) is 0 Å². The molecule has 2 aliphatic rings. The Morgan fingerprint density at radius 2 is 2.00 bits per heavy atom. The second-order valence-corrected chi connectivity index (χ2v) is 8.27. The number of thioether (sulfide) groups is 2. The molecular formula is C21H14N4O3S2. The van der Waals surface area contributed by atoms with Crippen LogP contribution < -0.4 is 0 Å². The van der Waals surface area contributed by atoms with Gasteiger partial charge < -0.3 is 8.83 Å². The van der Waals surface area contributed by atoms with Gasteiger partial charge in [0.25, 0.3) is 5.91 Å². The molecule has 3 aromatic rings. The summed E-state index contributed by atoms with van der Waals surface area (Å²) in [5, 5.41) is 15.8. The number of nitrogens with one attached hydrogen (secondary N) is 1. The fourth-order valence-electron chi connectivity index (χ4n) is 2.85. The Hall–Kier alpha value is -3.30. The van der Waals surface area contributed by atoms with Gasteiger partial charge in [0, 0.05) is 5.75 Å². The third-order valence-corrected chi connectivity index (χ3v) is 6.20. The minimum Gasteiger partial charge on any atom is -0.462 e. The summed E-state index contributed by atoms with van der Waals surface area (Å²) >= 11 is 2.76. The normalized spacial score (nSPS) is 17.3. The number of carbonyl (C=O) groups is 1. The molecule has 1 N–H and O–H groups in total. The number of furan rings is 2. The highest BCUT2D eigenvalue weighted by Gasteiger charge is 2.36. The first-order valence-electron chi connectivity index (χ1n) is 8.98. The molecule has 5 rings (SSSR count). The molecule has 0 atom stereocenters. The van der Waals surface area contributed by atoms with E-state index < -0.39 is 5.91 Å². The number of rotatable bonds is 5. The van der Waals surface area contributed by atoms with E-state index in [0.29, 0.717) is 21.7 Å². The molecule has 0 spiro atoms. The number of hydrogen-bond acceptors (Lipinski definition) is 7. The summed E-state index contributed by atoms with van der Waals surface area (Å²) in [4.78, 5) is 16.6. The smallest absolute Gasteiger partial charge is 0.283 e. The third kappa shape index (κ3) is 3.64. The van der Waals surface area contributed by atoms with Crippen molar-refractivity contribution in [1.82, 2.24) is 5.01 Å². The maximum atomic E-state index is 12.5. The summed E-state index contributed by atoms with van der Waals surface area (Å²) in [6, 6.07) is 17.2. The molecular weight excluding hydrogens is 420 g/mol. The lowest BCUT2D eigenvalue weighted by molar-refractivity contribution is -0.114. The second kappa shape index (κ2) is 7.85. The first-order chi connectivity index (χ1) is 14.7. The number of aliphatic imine (C=N–C) groups is 1. The highest BCUT2D eigenvalue weighted by Crippen LogP contribution is 2.32. The Bertz CT molecular complexity index is 1210. The highest BCUT2D eigenvalue weighted by atomic mass is 32.2. The molecule has 30 heavy (non-hydrogen) atoms. The molecule has 0 unspecified atom stereocenters. The molecule has 9 heteroatoms. The van der Waals surface area contributed by atoms with Gasteiger partial charge in [-0.1, -0.05) is 42.1 Å². The van der Waals surface area contributed by atoms with Crippen molar-refractivity contribution in [2.24, 2.45) is 10.1 Å². The molecule has 1 amide bonds. The molecule has 2 aliphatic heterocycles. The standard InChI is InChI=1S/C21H14N4O3S2/c22-18-15(11-14-8-9-17(28-14)29-12-13-5-2-1-3-6-13)19(26)23-21-25(18)24-20(30-21)16-7-4-10-27-16/h1-11,22H,12H2/b15-11+,22-18?. The average Bonchev–Trinajstić information content (AvgIpc) is 3.51. The SMILES string of the molecule is N=C1/C(=C\c2ccc(SCc3ccccc3)o2)C(=O)N=C2SC(c3ccco3)=NN12. The van der Waals surface area contributed by atoms with Crippen molar-refractivity contribution in [2.75, 3.05) is 0 Å². The largest absolute Gasteiger partial charge is 0.462 e. The van der Waals surface area contributed by atoms with Crippen LogP contribution in [0.15, 0.2) is 90.5 Å². The lowest BCUT2D eigenvalue weighted by atomic mass is 10.1. The van der Waals surface area contributed by atoms with Crippen molar-refractivity contribution in [3.05, 3.63) is 83.5 Å². The fraction of sp³-hybridized carbons (Fsp3) is 0.0476. The maximum Gasteiger partial charge on any atom is 0.283 e. The maximum absolute atomic E-state index is 12.5. The molecule has 148 valence electrons. The van der Waals surface area contributed by atoms with E-state index in [4.69, 9.17) is 14.2 Å². The summed E-state index contributed by atoms with van der Waals surface area (Å²) < 4.78 is 11.2. The van der Waals surface area contributed by atoms with Crippen LogP contribution in [-0.4, -0.2) is 27.0 Å². The summed E-state index contributed by atoms with van der Waals surface area (Å²) in [7, 11) is 0. The Morgan fingerprint density at radius 3 is 2.80 bits per heavy atom. The van der Waals surface area contributed by atoms with E-state index in [1.54, 1.807) is 36.2 Å². The summed E-state index contributed by atoms with van der Waals surface area (Å²) in [5.41, 5.74) is 1.32. The first kappa shape index (κ1) is 18.7. The van der Waals surface area contributed by atoms with Gasteiger partial charge in [-0.2, -0.15) is 15.1 Å². The zero-order chi connectivity index (χ0) is 20.5. The predicted octanol–water partition coefficient (Wildman–Crippen LogP) is 4.83. The highest BCUT2D eigenvalue weighted by molar-refractivity contribution is 8.27. The van der Waals surface area contributed by atoms with Crippen LogP contribution in [0.5, 0.6) is 0 Å². The molecule has 1 aromatic carbocycles. The zero-order valence-electron chi connectivity index (χ0n) is 15.4.